The van der Waals surface area contributed by atoms with Gasteiger partial charge in [-0.1, -0.05) is 59.6 Å². The predicted molar refractivity (Wildman–Crippen MR) is 119 cm³/mol. The van der Waals surface area contributed by atoms with Gasteiger partial charge in [-0.05, 0) is 54.8 Å². The van der Waals surface area contributed by atoms with Crippen LogP contribution in [0.25, 0.3) is 11.1 Å². The molecule has 1 heterocycles. The van der Waals surface area contributed by atoms with Crippen LogP contribution in [0.5, 0.6) is 0 Å². The van der Waals surface area contributed by atoms with E-state index in [4.69, 9.17) is 27.6 Å². The van der Waals surface area contributed by atoms with Gasteiger partial charge in [-0.25, -0.2) is 0 Å². The molecular weight excluding hydrogens is 419 g/mol. The van der Waals surface area contributed by atoms with Crippen molar-refractivity contribution < 1.29 is 14.2 Å². The van der Waals surface area contributed by atoms with Crippen LogP contribution in [0, 0.1) is 0 Å². The highest BCUT2D eigenvalue weighted by Gasteiger charge is 2.27. The van der Waals surface area contributed by atoms with Crippen molar-refractivity contribution in [1.29, 1.82) is 0 Å². The lowest BCUT2D eigenvalue weighted by molar-refractivity contribution is -0.359. The molecule has 0 radical (unpaired) electrons. The number of amides is 1. The average Bonchev–Trinajstić information content (AvgIpc) is 3.18. The molecule has 4 rings (SSSR count). The maximum absolute atomic E-state index is 12.8. The first-order chi connectivity index (χ1) is 14.5. The summed E-state index contributed by atoms with van der Waals surface area (Å²) in [6.07, 6.45) is 0.740. The van der Waals surface area contributed by atoms with Crippen molar-refractivity contribution in [3.63, 3.8) is 0 Å². The molecule has 0 saturated heterocycles. The molecule has 1 aromatic heterocycles. The summed E-state index contributed by atoms with van der Waals surface area (Å²) in [6, 6.07) is 22.8. The predicted octanol–water partition coefficient (Wildman–Crippen LogP) is 5.70. The fraction of sp³-hybridized carbons (Fsp3) is 0.167. The summed E-state index contributed by atoms with van der Waals surface area (Å²) >= 11 is 12.1. The number of para-hydroxylation sites is 2. The van der Waals surface area contributed by atoms with Crippen LogP contribution in [0.4, 0.5) is 0 Å². The molecule has 30 heavy (non-hydrogen) atoms. The SMILES string of the molecule is C[C@@H](NC(=O)c1[nH+]c2ccccc2o1)[C@H](Cc1ccc(Cl)cc1)c1ccc(Cl)cc1. The molecule has 2 atom stereocenters. The Labute approximate surface area is 184 Å². The summed E-state index contributed by atoms with van der Waals surface area (Å²) in [5.74, 6) is -0.0602. The number of hydrogen-bond donors (Lipinski definition) is 1. The molecular formula is C24H21Cl2N2O2+. The Bertz CT molecular complexity index is 1120. The second-order valence-electron chi connectivity index (χ2n) is 7.30. The Morgan fingerprint density at radius 3 is 2.27 bits per heavy atom. The molecule has 0 spiro atoms. The molecule has 0 saturated carbocycles. The first kappa shape index (κ1) is 20.5. The summed E-state index contributed by atoms with van der Waals surface area (Å²) in [5, 5.41) is 4.46. The van der Waals surface area contributed by atoms with Crippen molar-refractivity contribution in [3.8, 4) is 0 Å². The van der Waals surface area contributed by atoms with Crippen molar-refractivity contribution >= 4 is 40.2 Å². The van der Waals surface area contributed by atoms with E-state index in [2.05, 4.69) is 10.3 Å². The number of carbonyl (C=O) groups excluding carboxylic acids is 1. The maximum Gasteiger partial charge on any atom is 0.439 e. The van der Waals surface area contributed by atoms with Gasteiger partial charge in [0.1, 0.15) is 0 Å². The zero-order valence-electron chi connectivity index (χ0n) is 16.4. The molecule has 0 bridgehead atoms. The van der Waals surface area contributed by atoms with Gasteiger partial charge in [-0.2, -0.15) is 4.98 Å². The monoisotopic (exact) mass is 439 g/mol. The minimum atomic E-state index is -0.284. The van der Waals surface area contributed by atoms with Crippen molar-refractivity contribution in [1.82, 2.24) is 5.32 Å². The van der Waals surface area contributed by atoms with Crippen molar-refractivity contribution in [3.05, 3.63) is 99.9 Å². The van der Waals surface area contributed by atoms with Crippen LogP contribution < -0.4 is 10.3 Å². The van der Waals surface area contributed by atoms with Gasteiger partial charge in [-0.3, -0.25) is 4.79 Å². The fourth-order valence-corrected chi connectivity index (χ4v) is 3.81. The van der Waals surface area contributed by atoms with Crippen LogP contribution in [-0.2, 0) is 6.42 Å². The Morgan fingerprint density at radius 2 is 1.60 bits per heavy atom. The van der Waals surface area contributed by atoms with Gasteiger partial charge in [-0.15, -0.1) is 0 Å². The third-order valence-electron chi connectivity index (χ3n) is 5.18. The fourth-order valence-electron chi connectivity index (χ4n) is 3.56. The highest BCUT2D eigenvalue weighted by atomic mass is 35.5. The second kappa shape index (κ2) is 8.90. The lowest BCUT2D eigenvalue weighted by Crippen LogP contribution is -2.39. The van der Waals surface area contributed by atoms with Crippen LogP contribution in [0.15, 0.2) is 77.2 Å². The van der Waals surface area contributed by atoms with Gasteiger partial charge < -0.3 is 9.73 Å². The molecule has 6 heteroatoms. The Morgan fingerprint density at radius 1 is 0.967 bits per heavy atom. The lowest BCUT2D eigenvalue weighted by atomic mass is 9.86. The van der Waals surface area contributed by atoms with E-state index in [0.29, 0.717) is 15.6 Å². The lowest BCUT2D eigenvalue weighted by Gasteiger charge is -2.25. The zero-order chi connectivity index (χ0) is 21.1. The molecule has 3 aromatic carbocycles. The minimum Gasteiger partial charge on any atom is -0.394 e. The van der Waals surface area contributed by atoms with Crippen molar-refractivity contribution in [2.45, 2.75) is 25.3 Å². The largest absolute Gasteiger partial charge is 0.439 e. The third kappa shape index (κ3) is 4.66. The molecule has 0 unspecified atom stereocenters. The summed E-state index contributed by atoms with van der Waals surface area (Å²) in [5.41, 5.74) is 3.66. The smallest absolute Gasteiger partial charge is 0.394 e. The molecule has 4 nitrogen and oxygen atoms in total. The second-order valence-corrected chi connectivity index (χ2v) is 8.18. The van der Waals surface area contributed by atoms with Gasteiger partial charge in [0.15, 0.2) is 0 Å². The number of aromatic amines is 1. The highest BCUT2D eigenvalue weighted by Crippen LogP contribution is 2.27. The van der Waals surface area contributed by atoms with E-state index >= 15 is 0 Å². The van der Waals surface area contributed by atoms with Gasteiger partial charge >= 0.3 is 11.8 Å². The van der Waals surface area contributed by atoms with Crippen LogP contribution in [-0.4, -0.2) is 11.9 Å². The molecule has 2 N–H and O–H groups in total. The van der Waals surface area contributed by atoms with E-state index in [-0.39, 0.29) is 23.8 Å². The van der Waals surface area contributed by atoms with Gasteiger partial charge in [0, 0.05) is 28.1 Å². The highest BCUT2D eigenvalue weighted by molar-refractivity contribution is 6.30. The topological polar surface area (TPSA) is 56.4 Å². The van der Waals surface area contributed by atoms with E-state index in [1.807, 2.05) is 79.7 Å². The quantitative estimate of drug-likeness (QED) is 0.418. The van der Waals surface area contributed by atoms with E-state index in [1.165, 1.54) is 0 Å². The summed E-state index contributed by atoms with van der Waals surface area (Å²) in [7, 11) is 0. The Kier molecular flexibility index (Phi) is 6.07. The number of rotatable bonds is 6. The number of fused-ring (bicyclic) bond motifs is 1. The number of nitrogens with one attached hydrogen (secondary N) is 2. The van der Waals surface area contributed by atoms with E-state index in [9.17, 15) is 4.79 Å². The van der Waals surface area contributed by atoms with Crippen LogP contribution in [0.3, 0.4) is 0 Å². The van der Waals surface area contributed by atoms with Crippen molar-refractivity contribution in [2.24, 2.45) is 0 Å². The van der Waals surface area contributed by atoms with Crippen LogP contribution >= 0.6 is 23.2 Å². The van der Waals surface area contributed by atoms with Crippen molar-refractivity contribution in [2.75, 3.05) is 0 Å². The molecule has 0 aliphatic heterocycles. The maximum atomic E-state index is 12.8. The number of carbonyl (C=O) groups is 1. The van der Waals surface area contributed by atoms with E-state index in [1.54, 1.807) is 0 Å². The number of H-pyrrole nitrogens is 1. The molecule has 0 fully saturated rings. The molecule has 152 valence electrons. The summed E-state index contributed by atoms with van der Waals surface area (Å²) in [4.78, 5) is 15.9. The minimum absolute atomic E-state index is 0.0387. The normalized spacial score (nSPS) is 13.2. The van der Waals surface area contributed by atoms with E-state index in [0.717, 1.165) is 23.1 Å². The number of aromatic nitrogens is 1. The molecule has 0 aliphatic rings. The first-order valence-corrected chi connectivity index (χ1v) is 10.5. The van der Waals surface area contributed by atoms with Crippen LogP contribution in [0.1, 0.15) is 34.7 Å². The zero-order valence-corrected chi connectivity index (χ0v) is 17.9. The van der Waals surface area contributed by atoms with E-state index < -0.39 is 0 Å². The third-order valence-corrected chi connectivity index (χ3v) is 5.69. The molecule has 0 aliphatic carbocycles. The number of halogens is 2. The first-order valence-electron chi connectivity index (χ1n) is 9.71. The number of oxazole rings is 1. The standard InChI is InChI=1S/C24H20Cl2N2O2/c1-15(27-23(29)24-28-21-4-2-3-5-22(21)30-24)20(17-8-12-19(26)13-9-17)14-16-6-10-18(25)11-7-16/h2-13,15,20H,14H2,1H3,(H,27,29)/p+1/t15-,20+/m1/s1. The Hall–Kier alpha value is -2.82. The number of benzene rings is 3. The van der Waals surface area contributed by atoms with Gasteiger partial charge in [0.25, 0.3) is 0 Å². The summed E-state index contributed by atoms with van der Waals surface area (Å²) < 4.78 is 5.66. The van der Waals surface area contributed by atoms with Gasteiger partial charge in [0.05, 0.1) is 0 Å². The summed E-state index contributed by atoms with van der Waals surface area (Å²) in [6.45, 7) is 2.00. The Balaban J connectivity index is 1.57. The molecule has 1 amide bonds. The number of hydrogen-bond acceptors (Lipinski definition) is 2. The van der Waals surface area contributed by atoms with Gasteiger partial charge in [0.2, 0.25) is 11.1 Å². The molecule has 4 aromatic rings. The average molecular weight is 440 g/mol. The van der Waals surface area contributed by atoms with Crippen LogP contribution in [0.2, 0.25) is 10.0 Å².